The largest absolute Gasteiger partial charge is 0.223 e. The summed E-state index contributed by atoms with van der Waals surface area (Å²) in [5.41, 5.74) is 0.849. The number of aromatic nitrogens is 2. The van der Waals surface area contributed by atoms with E-state index in [4.69, 9.17) is 0 Å². The number of isothiocyanates is 1. The van der Waals surface area contributed by atoms with E-state index < -0.39 is 0 Å². The Labute approximate surface area is 68.0 Å². The molecule has 0 aliphatic heterocycles. The zero-order chi connectivity index (χ0) is 7.40. The number of rotatable bonds is 2. The highest BCUT2D eigenvalue weighted by Gasteiger charge is 2.03. The van der Waals surface area contributed by atoms with E-state index in [1.807, 2.05) is 12.3 Å². The topological polar surface area (TPSA) is 38.1 Å². The summed E-state index contributed by atoms with van der Waals surface area (Å²) in [5.74, 6) is 0. The third kappa shape index (κ3) is 1.67. The first-order valence-corrected chi connectivity index (χ1v) is 3.93. The third-order valence-corrected chi connectivity index (χ3v) is 1.68. The van der Waals surface area contributed by atoms with Crippen molar-refractivity contribution in [2.24, 2.45) is 4.99 Å². The zero-order valence-electron chi connectivity index (χ0n) is 5.31. The predicted molar refractivity (Wildman–Crippen MR) is 43.4 cm³/mol. The van der Waals surface area contributed by atoms with Crippen LogP contribution >= 0.6 is 23.8 Å². The molecule has 0 amide bonds. The van der Waals surface area contributed by atoms with Crippen LogP contribution in [0.5, 0.6) is 0 Å². The molecule has 0 N–H and O–H groups in total. The van der Waals surface area contributed by atoms with Crippen molar-refractivity contribution < 1.29 is 0 Å². The molecule has 3 nitrogen and oxygen atoms in total. The van der Waals surface area contributed by atoms with E-state index in [1.165, 1.54) is 11.5 Å². The lowest BCUT2D eigenvalue weighted by atomic mass is 10.3. The number of hydrogen-bond donors (Lipinski definition) is 0. The lowest BCUT2D eigenvalue weighted by molar-refractivity contribution is 0.781. The minimum absolute atomic E-state index is 0.00347. The molecule has 0 aliphatic carbocycles. The van der Waals surface area contributed by atoms with Crippen LogP contribution in [-0.2, 0) is 0 Å². The average Bonchev–Trinajstić information content (AvgIpc) is 2.38. The van der Waals surface area contributed by atoms with Crippen molar-refractivity contribution in [3.8, 4) is 0 Å². The number of thiocarbonyl (C=S) groups is 1. The van der Waals surface area contributed by atoms with E-state index in [1.54, 1.807) is 0 Å². The molecule has 1 rings (SSSR count). The molecule has 0 radical (unpaired) electrons. The van der Waals surface area contributed by atoms with E-state index >= 15 is 0 Å². The fourth-order valence-electron chi connectivity index (χ4n) is 0.499. The molecular weight excluding hydrogens is 166 g/mol. The molecule has 0 aliphatic rings. The van der Waals surface area contributed by atoms with Gasteiger partial charge in [-0.25, -0.2) is 4.99 Å². The van der Waals surface area contributed by atoms with Gasteiger partial charge >= 0.3 is 0 Å². The van der Waals surface area contributed by atoms with E-state index in [2.05, 4.69) is 32.0 Å². The molecule has 0 bridgehead atoms. The highest BCUT2D eigenvalue weighted by atomic mass is 32.1. The van der Waals surface area contributed by atoms with Crippen molar-refractivity contribution >= 4 is 28.9 Å². The van der Waals surface area contributed by atoms with Crippen molar-refractivity contribution in [1.82, 2.24) is 9.59 Å². The van der Waals surface area contributed by atoms with Crippen LogP contribution in [0.1, 0.15) is 18.7 Å². The van der Waals surface area contributed by atoms with E-state index in [0.717, 1.165) is 5.69 Å². The fraction of sp³-hybridized carbons (Fsp3) is 0.400. The molecule has 0 saturated carbocycles. The molecule has 1 heterocycles. The SMILES string of the molecule is C[C@H](N=C=S)c1csnn1. The van der Waals surface area contributed by atoms with Crippen LogP contribution in [0.2, 0.25) is 0 Å². The van der Waals surface area contributed by atoms with Gasteiger partial charge in [-0.2, -0.15) is 0 Å². The smallest absolute Gasteiger partial charge is 0.102 e. The summed E-state index contributed by atoms with van der Waals surface area (Å²) < 4.78 is 3.70. The second-order valence-corrected chi connectivity index (χ2v) is 2.52. The first kappa shape index (κ1) is 7.47. The normalized spacial score (nSPS) is 12.1. The molecule has 1 aromatic heterocycles. The van der Waals surface area contributed by atoms with Crippen LogP contribution < -0.4 is 0 Å². The van der Waals surface area contributed by atoms with Crippen molar-refractivity contribution in [1.29, 1.82) is 0 Å². The summed E-state index contributed by atoms with van der Waals surface area (Å²) >= 11 is 5.75. The lowest BCUT2D eigenvalue weighted by Crippen LogP contribution is -1.88. The minimum Gasteiger partial charge on any atom is -0.223 e. The van der Waals surface area contributed by atoms with Crippen molar-refractivity contribution in [3.63, 3.8) is 0 Å². The van der Waals surface area contributed by atoms with Crippen molar-refractivity contribution in [2.45, 2.75) is 13.0 Å². The van der Waals surface area contributed by atoms with Crippen molar-refractivity contribution in [2.75, 3.05) is 0 Å². The highest BCUT2D eigenvalue weighted by molar-refractivity contribution is 7.78. The maximum Gasteiger partial charge on any atom is 0.102 e. The Morgan fingerprint density at radius 1 is 1.90 bits per heavy atom. The monoisotopic (exact) mass is 171 g/mol. The molecule has 10 heavy (non-hydrogen) atoms. The summed E-state index contributed by atoms with van der Waals surface area (Å²) in [7, 11) is 0. The van der Waals surface area contributed by atoms with Crippen LogP contribution in [-0.4, -0.2) is 14.7 Å². The highest BCUT2D eigenvalue weighted by Crippen LogP contribution is 2.12. The summed E-state index contributed by atoms with van der Waals surface area (Å²) in [6, 6.07) is -0.00347. The van der Waals surface area contributed by atoms with Gasteiger partial charge in [-0.15, -0.1) is 5.10 Å². The van der Waals surface area contributed by atoms with Gasteiger partial charge in [0.1, 0.15) is 11.7 Å². The van der Waals surface area contributed by atoms with Gasteiger partial charge in [0.05, 0.1) is 5.16 Å². The molecule has 1 atom stereocenters. The third-order valence-electron chi connectivity index (χ3n) is 1.05. The number of hydrogen-bond acceptors (Lipinski definition) is 5. The quantitative estimate of drug-likeness (QED) is 0.502. The summed E-state index contributed by atoms with van der Waals surface area (Å²) in [6.45, 7) is 1.90. The number of nitrogens with zero attached hydrogens (tertiary/aromatic N) is 3. The van der Waals surface area contributed by atoms with Crippen molar-refractivity contribution in [3.05, 3.63) is 11.1 Å². The molecule has 52 valence electrons. The zero-order valence-corrected chi connectivity index (χ0v) is 6.95. The van der Waals surface area contributed by atoms with Crippen LogP contribution in [0.3, 0.4) is 0 Å². The van der Waals surface area contributed by atoms with Gasteiger partial charge in [-0.3, -0.25) is 0 Å². The van der Waals surface area contributed by atoms with E-state index in [9.17, 15) is 0 Å². The summed E-state index contributed by atoms with van der Waals surface area (Å²) in [6.07, 6.45) is 0. The Kier molecular flexibility index (Phi) is 2.62. The van der Waals surface area contributed by atoms with Gasteiger partial charge in [0.15, 0.2) is 0 Å². The molecule has 0 saturated heterocycles. The lowest BCUT2D eigenvalue weighted by Gasteiger charge is -1.94. The molecular formula is C5H5N3S2. The Bertz CT molecular complexity index is 237. The van der Waals surface area contributed by atoms with Crippen LogP contribution in [0, 0.1) is 0 Å². The average molecular weight is 171 g/mol. The maximum absolute atomic E-state index is 4.44. The second-order valence-electron chi connectivity index (χ2n) is 1.73. The van der Waals surface area contributed by atoms with Gasteiger partial charge in [-0.05, 0) is 30.7 Å². The predicted octanol–water partition coefficient (Wildman–Crippen LogP) is 1.70. The molecule has 0 aromatic carbocycles. The summed E-state index contributed by atoms with van der Waals surface area (Å²) in [5, 5.41) is 7.97. The maximum atomic E-state index is 4.44. The number of aliphatic imine (C=N–C) groups is 1. The molecule has 1 aromatic rings. The van der Waals surface area contributed by atoms with Gasteiger partial charge in [0.2, 0.25) is 0 Å². The standard InChI is InChI=1S/C5H5N3S2/c1-4(6-3-9)5-2-10-8-7-5/h2,4H,1H3/t4-/m0/s1. The fourth-order valence-corrected chi connectivity index (χ4v) is 1.20. The Morgan fingerprint density at radius 3 is 3.20 bits per heavy atom. The van der Waals surface area contributed by atoms with Crippen LogP contribution in [0.4, 0.5) is 0 Å². The van der Waals surface area contributed by atoms with Crippen LogP contribution in [0.15, 0.2) is 10.4 Å². The molecule has 0 spiro atoms. The van der Waals surface area contributed by atoms with E-state index in [0.29, 0.717) is 0 Å². The molecule has 0 fully saturated rings. The molecule has 5 heteroatoms. The molecule has 0 unspecified atom stereocenters. The van der Waals surface area contributed by atoms with E-state index in [-0.39, 0.29) is 6.04 Å². The first-order chi connectivity index (χ1) is 4.84. The first-order valence-electron chi connectivity index (χ1n) is 2.68. The Morgan fingerprint density at radius 2 is 2.70 bits per heavy atom. The van der Waals surface area contributed by atoms with Crippen LogP contribution in [0.25, 0.3) is 0 Å². The van der Waals surface area contributed by atoms with Gasteiger partial charge in [0, 0.05) is 5.38 Å². The minimum atomic E-state index is -0.00347. The second kappa shape index (κ2) is 3.51. The van der Waals surface area contributed by atoms with Gasteiger partial charge in [-0.1, -0.05) is 4.49 Å². The summed E-state index contributed by atoms with van der Waals surface area (Å²) in [4.78, 5) is 3.84. The Hall–Kier alpha value is -0.640. The van der Waals surface area contributed by atoms with Gasteiger partial charge in [0.25, 0.3) is 0 Å². The van der Waals surface area contributed by atoms with Gasteiger partial charge < -0.3 is 0 Å². The Balaban J connectivity index is 2.76.